The summed E-state index contributed by atoms with van der Waals surface area (Å²) in [6.07, 6.45) is 2.16. The van der Waals surface area contributed by atoms with E-state index >= 15 is 0 Å². The summed E-state index contributed by atoms with van der Waals surface area (Å²) in [5.41, 5.74) is 2.34. The molecule has 3 heteroatoms. The monoisotopic (exact) mass is 299 g/mol. The molecule has 1 heterocycles. The molecule has 0 spiro atoms. The fourth-order valence-electron chi connectivity index (χ4n) is 2.52. The number of hydrogen-bond acceptors (Lipinski definition) is 1. The van der Waals surface area contributed by atoms with Gasteiger partial charge in [0.05, 0.1) is 5.52 Å². The molecular formula is C18H18ClNO. The smallest absolute Gasteiger partial charge is 0.119 e. The Bertz CT molecular complexity index is 747. The Morgan fingerprint density at radius 2 is 1.86 bits per heavy atom. The van der Waals surface area contributed by atoms with E-state index in [0.717, 1.165) is 16.3 Å². The van der Waals surface area contributed by atoms with Gasteiger partial charge in [0.2, 0.25) is 0 Å². The summed E-state index contributed by atoms with van der Waals surface area (Å²) in [5.74, 6) is 0.886. The average molecular weight is 300 g/mol. The molecule has 3 rings (SSSR count). The van der Waals surface area contributed by atoms with Crippen LogP contribution in [0.15, 0.2) is 54.7 Å². The van der Waals surface area contributed by atoms with Crippen LogP contribution in [-0.2, 0) is 6.61 Å². The normalized spacial score (nSPS) is 11.2. The van der Waals surface area contributed by atoms with Gasteiger partial charge in [-0.2, -0.15) is 0 Å². The van der Waals surface area contributed by atoms with Crippen molar-refractivity contribution < 1.29 is 4.74 Å². The molecule has 0 unspecified atom stereocenters. The van der Waals surface area contributed by atoms with Gasteiger partial charge in [0.15, 0.2) is 0 Å². The maximum Gasteiger partial charge on any atom is 0.119 e. The third-order valence-electron chi connectivity index (χ3n) is 3.57. The molecule has 0 atom stereocenters. The van der Waals surface area contributed by atoms with Gasteiger partial charge in [-0.05, 0) is 38.1 Å². The number of para-hydroxylation sites is 1. The van der Waals surface area contributed by atoms with Gasteiger partial charge < -0.3 is 9.30 Å². The zero-order valence-corrected chi connectivity index (χ0v) is 13.0. The van der Waals surface area contributed by atoms with Crippen LogP contribution in [0, 0.1) is 0 Å². The predicted octanol–water partition coefficient (Wildman–Crippen LogP) is 5.45. The average Bonchev–Trinajstić information content (AvgIpc) is 2.84. The van der Waals surface area contributed by atoms with E-state index < -0.39 is 0 Å². The molecule has 0 aliphatic carbocycles. The highest BCUT2D eigenvalue weighted by Gasteiger charge is 2.11. The van der Waals surface area contributed by atoms with Gasteiger partial charge in [0.1, 0.15) is 12.4 Å². The van der Waals surface area contributed by atoms with Crippen molar-refractivity contribution in [1.82, 2.24) is 4.57 Å². The molecular weight excluding hydrogens is 282 g/mol. The highest BCUT2D eigenvalue weighted by molar-refractivity contribution is 6.31. The number of rotatable bonds is 4. The van der Waals surface area contributed by atoms with Gasteiger partial charge in [0, 0.05) is 28.2 Å². The number of aromatic nitrogens is 1. The second-order valence-corrected chi connectivity index (χ2v) is 5.85. The SMILES string of the molecule is CC(C)n1cc(COc2ccccc2)c2ccc(Cl)cc21. The number of nitrogens with zero attached hydrogens (tertiary/aromatic N) is 1. The molecule has 0 radical (unpaired) electrons. The molecule has 0 aliphatic rings. The lowest BCUT2D eigenvalue weighted by Crippen LogP contribution is -1.98. The Hall–Kier alpha value is -1.93. The summed E-state index contributed by atoms with van der Waals surface area (Å²) in [6, 6.07) is 16.3. The lowest BCUT2D eigenvalue weighted by Gasteiger charge is -2.08. The fraction of sp³-hybridized carbons (Fsp3) is 0.222. The van der Waals surface area contributed by atoms with Crippen molar-refractivity contribution in [1.29, 1.82) is 0 Å². The van der Waals surface area contributed by atoms with Crippen molar-refractivity contribution in [2.24, 2.45) is 0 Å². The van der Waals surface area contributed by atoms with Gasteiger partial charge in [-0.15, -0.1) is 0 Å². The van der Waals surface area contributed by atoms with Gasteiger partial charge in [-0.3, -0.25) is 0 Å². The standard InChI is InChI=1S/C18H18ClNO/c1-13(2)20-11-14(12-21-16-6-4-3-5-7-16)17-9-8-15(19)10-18(17)20/h3-11,13H,12H2,1-2H3. The van der Waals surface area contributed by atoms with Crippen molar-refractivity contribution in [3.8, 4) is 5.75 Å². The molecule has 0 saturated carbocycles. The fourth-order valence-corrected chi connectivity index (χ4v) is 2.68. The van der Waals surface area contributed by atoms with Crippen molar-refractivity contribution in [3.05, 3.63) is 65.3 Å². The van der Waals surface area contributed by atoms with Crippen LogP contribution in [0.25, 0.3) is 10.9 Å². The molecule has 21 heavy (non-hydrogen) atoms. The van der Waals surface area contributed by atoms with E-state index in [0.29, 0.717) is 12.6 Å². The zero-order chi connectivity index (χ0) is 14.8. The molecule has 0 saturated heterocycles. The largest absolute Gasteiger partial charge is 0.489 e. The first-order chi connectivity index (χ1) is 10.1. The van der Waals surface area contributed by atoms with E-state index in [9.17, 15) is 0 Å². The van der Waals surface area contributed by atoms with Crippen LogP contribution in [0.1, 0.15) is 25.5 Å². The van der Waals surface area contributed by atoms with E-state index in [1.54, 1.807) is 0 Å². The van der Waals surface area contributed by atoms with Crippen LogP contribution in [0.2, 0.25) is 5.02 Å². The molecule has 0 N–H and O–H groups in total. The summed E-state index contributed by atoms with van der Waals surface area (Å²) in [7, 11) is 0. The predicted molar refractivity (Wildman–Crippen MR) is 88.1 cm³/mol. The Morgan fingerprint density at radius 3 is 2.57 bits per heavy atom. The van der Waals surface area contributed by atoms with Gasteiger partial charge in [-0.25, -0.2) is 0 Å². The van der Waals surface area contributed by atoms with Crippen LogP contribution < -0.4 is 4.74 Å². The summed E-state index contributed by atoms with van der Waals surface area (Å²) < 4.78 is 8.12. The molecule has 0 aliphatic heterocycles. The minimum Gasteiger partial charge on any atom is -0.489 e. The van der Waals surface area contributed by atoms with Crippen LogP contribution >= 0.6 is 11.6 Å². The van der Waals surface area contributed by atoms with Crippen molar-refractivity contribution in [3.63, 3.8) is 0 Å². The van der Waals surface area contributed by atoms with Crippen molar-refractivity contribution in [2.75, 3.05) is 0 Å². The maximum atomic E-state index is 6.13. The van der Waals surface area contributed by atoms with Gasteiger partial charge in [0.25, 0.3) is 0 Å². The number of ether oxygens (including phenoxy) is 1. The first-order valence-electron chi connectivity index (χ1n) is 7.12. The first kappa shape index (κ1) is 14.0. The third-order valence-corrected chi connectivity index (χ3v) is 3.81. The van der Waals surface area contributed by atoms with Crippen molar-refractivity contribution >= 4 is 22.5 Å². The molecule has 2 nitrogen and oxygen atoms in total. The first-order valence-corrected chi connectivity index (χ1v) is 7.50. The van der Waals surface area contributed by atoms with Crippen LogP contribution in [-0.4, -0.2) is 4.57 Å². The van der Waals surface area contributed by atoms with E-state index in [4.69, 9.17) is 16.3 Å². The third kappa shape index (κ3) is 2.91. The highest BCUT2D eigenvalue weighted by Crippen LogP contribution is 2.28. The summed E-state index contributed by atoms with van der Waals surface area (Å²) in [5, 5.41) is 1.96. The lowest BCUT2D eigenvalue weighted by atomic mass is 10.2. The quantitative estimate of drug-likeness (QED) is 0.624. The van der Waals surface area contributed by atoms with Crippen molar-refractivity contribution in [2.45, 2.75) is 26.5 Å². The number of benzene rings is 2. The van der Waals surface area contributed by atoms with E-state index in [1.807, 2.05) is 42.5 Å². The van der Waals surface area contributed by atoms with E-state index in [-0.39, 0.29) is 0 Å². The molecule has 0 fully saturated rings. The Kier molecular flexibility index (Phi) is 3.89. The van der Waals surface area contributed by atoms with Gasteiger partial charge in [-0.1, -0.05) is 35.9 Å². The molecule has 3 aromatic rings. The van der Waals surface area contributed by atoms with Crippen LogP contribution in [0.3, 0.4) is 0 Å². The molecule has 0 bridgehead atoms. The highest BCUT2D eigenvalue weighted by atomic mass is 35.5. The minimum atomic E-state index is 0.386. The Balaban J connectivity index is 1.95. The maximum absolute atomic E-state index is 6.13. The van der Waals surface area contributed by atoms with Crippen LogP contribution in [0.4, 0.5) is 0 Å². The summed E-state index contributed by atoms with van der Waals surface area (Å²) in [4.78, 5) is 0. The lowest BCUT2D eigenvalue weighted by molar-refractivity contribution is 0.307. The number of halogens is 1. The van der Waals surface area contributed by atoms with Crippen LogP contribution in [0.5, 0.6) is 5.75 Å². The molecule has 0 amide bonds. The molecule has 108 valence electrons. The summed E-state index contributed by atoms with van der Waals surface area (Å²) >= 11 is 6.13. The Labute approximate surface area is 129 Å². The van der Waals surface area contributed by atoms with E-state index in [1.165, 1.54) is 10.9 Å². The number of hydrogen-bond donors (Lipinski definition) is 0. The molecule has 2 aromatic carbocycles. The molecule has 1 aromatic heterocycles. The van der Waals surface area contributed by atoms with E-state index in [2.05, 4.69) is 30.7 Å². The zero-order valence-electron chi connectivity index (χ0n) is 12.2. The number of fused-ring (bicyclic) bond motifs is 1. The topological polar surface area (TPSA) is 14.2 Å². The Morgan fingerprint density at radius 1 is 1.10 bits per heavy atom. The van der Waals surface area contributed by atoms with Gasteiger partial charge >= 0.3 is 0 Å². The second kappa shape index (κ2) is 5.82. The minimum absolute atomic E-state index is 0.386. The summed E-state index contributed by atoms with van der Waals surface area (Å²) in [6.45, 7) is 4.90. The second-order valence-electron chi connectivity index (χ2n) is 5.42.